The summed E-state index contributed by atoms with van der Waals surface area (Å²) in [6.07, 6.45) is 3.09. The molecule has 2 atom stereocenters. The van der Waals surface area contributed by atoms with Crippen LogP contribution in [0.1, 0.15) is 29.6 Å². The molecule has 110 valence electrons. The summed E-state index contributed by atoms with van der Waals surface area (Å²) in [5, 5.41) is 2.96. The van der Waals surface area contributed by atoms with E-state index in [1.54, 1.807) is 32.4 Å². The first-order valence-corrected chi connectivity index (χ1v) is 6.90. The topological polar surface area (TPSA) is 73.6 Å². The van der Waals surface area contributed by atoms with Gasteiger partial charge in [0.25, 0.3) is 5.91 Å². The fourth-order valence-electron chi connectivity index (χ4n) is 2.70. The monoisotopic (exact) mass is 278 g/mol. The lowest BCUT2D eigenvalue weighted by Crippen LogP contribution is -2.29. The molecule has 1 saturated carbocycles. The predicted octanol–water partition coefficient (Wildman–Crippen LogP) is 1.56. The van der Waals surface area contributed by atoms with Gasteiger partial charge in [-0.1, -0.05) is 6.07 Å². The number of methoxy groups -OCH3 is 2. The van der Waals surface area contributed by atoms with Gasteiger partial charge in [0, 0.05) is 12.6 Å². The molecule has 20 heavy (non-hydrogen) atoms. The third-order valence-electron chi connectivity index (χ3n) is 3.79. The number of carbonyl (C=O) groups excluding carboxylic acids is 1. The minimum absolute atomic E-state index is 0.167. The number of hydrogen-bond donors (Lipinski definition) is 2. The van der Waals surface area contributed by atoms with Crippen molar-refractivity contribution in [2.75, 3.05) is 20.8 Å². The Morgan fingerprint density at radius 1 is 1.30 bits per heavy atom. The molecule has 3 N–H and O–H groups in total. The van der Waals surface area contributed by atoms with Crippen LogP contribution in [0.5, 0.6) is 11.5 Å². The molecule has 5 heteroatoms. The van der Waals surface area contributed by atoms with Crippen molar-refractivity contribution in [3.63, 3.8) is 0 Å². The molecule has 0 radical (unpaired) electrons. The molecule has 0 aromatic heterocycles. The van der Waals surface area contributed by atoms with Crippen molar-refractivity contribution >= 4 is 5.91 Å². The summed E-state index contributed by atoms with van der Waals surface area (Å²) >= 11 is 0. The van der Waals surface area contributed by atoms with Gasteiger partial charge in [0.2, 0.25) is 0 Å². The number of ether oxygens (including phenoxy) is 2. The molecular weight excluding hydrogens is 256 g/mol. The predicted molar refractivity (Wildman–Crippen MR) is 77.2 cm³/mol. The van der Waals surface area contributed by atoms with E-state index in [-0.39, 0.29) is 11.9 Å². The summed E-state index contributed by atoms with van der Waals surface area (Å²) < 4.78 is 10.5. The van der Waals surface area contributed by atoms with Crippen molar-refractivity contribution < 1.29 is 14.3 Å². The highest BCUT2D eigenvalue weighted by Gasteiger charge is 2.24. The quantitative estimate of drug-likeness (QED) is 0.857. The zero-order valence-electron chi connectivity index (χ0n) is 12.0. The highest BCUT2D eigenvalue weighted by Crippen LogP contribution is 2.28. The van der Waals surface area contributed by atoms with Crippen LogP contribution in [0.4, 0.5) is 0 Å². The molecule has 0 heterocycles. The summed E-state index contributed by atoms with van der Waals surface area (Å²) in [6.45, 7) is 0.647. The second-order valence-electron chi connectivity index (χ2n) is 5.19. The molecule has 1 aromatic rings. The molecule has 1 aromatic carbocycles. The second-order valence-corrected chi connectivity index (χ2v) is 5.19. The lowest BCUT2D eigenvalue weighted by molar-refractivity contribution is 0.0941. The lowest BCUT2D eigenvalue weighted by atomic mass is 10.1. The van der Waals surface area contributed by atoms with E-state index in [1.807, 2.05) is 0 Å². The number of hydrogen-bond acceptors (Lipinski definition) is 4. The number of carbonyl (C=O) groups is 1. The van der Waals surface area contributed by atoms with Gasteiger partial charge in [-0.05, 0) is 37.3 Å². The van der Waals surface area contributed by atoms with Gasteiger partial charge in [0.15, 0.2) is 0 Å². The lowest BCUT2D eigenvalue weighted by Gasteiger charge is -2.15. The van der Waals surface area contributed by atoms with Crippen LogP contribution >= 0.6 is 0 Å². The molecule has 2 rings (SSSR count). The molecule has 1 aliphatic rings. The maximum Gasteiger partial charge on any atom is 0.258 e. The van der Waals surface area contributed by atoms with Crippen molar-refractivity contribution in [3.8, 4) is 11.5 Å². The smallest absolute Gasteiger partial charge is 0.258 e. The zero-order valence-corrected chi connectivity index (χ0v) is 12.0. The summed E-state index contributed by atoms with van der Waals surface area (Å²) in [7, 11) is 3.09. The fraction of sp³-hybridized carbons (Fsp3) is 0.533. The Morgan fingerprint density at radius 3 is 2.45 bits per heavy atom. The van der Waals surface area contributed by atoms with E-state index < -0.39 is 0 Å². The Bertz CT molecular complexity index is 454. The standard InChI is InChI=1S/C15H22N2O3/c1-19-12-4-3-5-13(20-2)14(12)15(18)17-9-10-6-7-11(16)8-10/h3-5,10-11H,6-9,16H2,1-2H3,(H,17,18). The maximum atomic E-state index is 12.3. The minimum Gasteiger partial charge on any atom is -0.496 e. The Balaban J connectivity index is 2.05. The van der Waals surface area contributed by atoms with Crippen LogP contribution in [0.3, 0.4) is 0 Å². The maximum absolute atomic E-state index is 12.3. The van der Waals surface area contributed by atoms with Crippen LogP contribution in [0.2, 0.25) is 0 Å². The average Bonchev–Trinajstić information content (AvgIpc) is 2.89. The Morgan fingerprint density at radius 2 is 1.95 bits per heavy atom. The number of amides is 1. The number of benzene rings is 1. The van der Waals surface area contributed by atoms with Gasteiger partial charge in [-0.25, -0.2) is 0 Å². The Kier molecular flexibility index (Phi) is 4.84. The van der Waals surface area contributed by atoms with Crippen LogP contribution in [0, 0.1) is 5.92 Å². The molecule has 1 fully saturated rings. The van der Waals surface area contributed by atoms with Crippen LogP contribution in [0.25, 0.3) is 0 Å². The summed E-state index contributed by atoms with van der Waals surface area (Å²) in [6, 6.07) is 5.58. The first-order valence-electron chi connectivity index (χ1n) is 6.90. The van der Waals surface area contributed by atoms with E-state index >= 15 is 0 Å². The van der Waals surface area contributed by atoms with Crippen molar-refractivity contribution in [2.24, 2.45) is 11.7 Å². The first-order chi connectivity index (χ1) is 9.65. The van der Waals surface area contributed by atoms with E-state index in [9.17, 15) is 4.79 Å². The van der Waals surface area contributed by atoms with Gasteiger partial charge < -0.3 is 20.5 Å². The van der Waals surface area contributed by atoms with Crippen LogP contribution in [0.15, 0.2) is 18.2 Å². The highest BCUT2D eigenvalue weighted by atomic mass is 16.5. The van der Waals surface area contributed by atoms with Gasteiger partial charge >= 0.3 is 0 Å². The molecule has 1 aliphatic carbocycles. The first kappa shape index (κ1) is 14.7. The molecule has 0 bridgehead atoms. The summed E-state index contributed by atoms with van der Waals surface area (Å²) in [5.41, 5.74) is 6.33. The fourth-order valence-corrected chi connectivity index (χ4v) is 2.70. The normalized spacial score (nSPS) is 21.6. The minimum atomic E-state index is -0.167. The van der Waals surface area contributed by atoms with E-state index in [0.717, 1.165) is 19.3 Å². The number of nitrogens with one attached hydrogen (secondary N) is 1. The SMILES string of the molecule is COc1cccc(OC)c1C(=O)NCC1CCC(N)C1. The number of nitrogens with two attached hydrogens (primary N) is 1. The van der Waals surface area contributed by atoms with Crippen LogP contribution in [-0.2, 0) is 0 Å². The van der Waals surface area contributed by atoms with Crippen molar-refractivity contribution in [1.82, 2.24) is 5.32 Å². The molecule has 0 saturated heterocycles. The average molecular weight is 278 g/mol. The van der Waals surface area contributed by atoms with E-state index in [1.165, 1.54) is 0 Å². The van der Waals surface area contributed by atoms with Gasteiger partial charge in [-0.3, -0.25) is 4.79 Å². The van der Waals surface area contributed by atoms with Crippen LogP contribution < -0.4 is 20.5 Å². The van der Waals surface area contributed by atoms with Gasteiger partial charge in [-0.15, -0.1) is 0 Å². The van der Waals surface area contributed by atoms with E-state index in [4.69, 9.17) is 15.2 Å². The van der Waals surface area contributed by atoms with E-state index in [2.05, 4.69) is 5.32 Å². The molecular formula is C15H22N2O3. The van der Waals surface area contributed by atoms with E-state index in [0.29, 0.717) is 29.5 Å². The molecule has 0 spiro atoms. The Labute approximate surface area is 119 Å². The Hall–Kier alpha value is -1.75. The largest absolute Gasteiger partial charge is 0.496 e. The molecule has 1 amide bonds. The number of rotatable bonds is 5. The second kappa shape index (κ2) is 6.61. The summed E-state index contributed by atoms with van der Waals surface area (Å²) in [5.74, 6) is 1.34. The molecule has 0 aliphatic heterocycles. The van der Waals surface area contributed by atoms with Crippen LogP contribution in [-0.4, -0.2) is 32.7 Å². The third kappa shape index (κ3) is 3.22. The van der Waals surface area contributed by atoms with Gasteiger partial charge in [0.1, 0.15) is 17.1 Å². The molecule has 5 nitrogen and oxygen atoms in total. The zero-order chi connectivity index (χ0) is 14.5. The summed E-state index contributed by atoms with van der Waals surface area (Å²) in [4.78, 5) is 12.3. The van der Waals surface area contributed by atoms with Crippen molar-refractivity contribution in [3.05, 3.63) is 23.8 Å². The van der Waals surface area contributed by atoms with Crippen molar-refractivity contribution in [1.29, 1.82) is 0 Å². The van der Waals surface area contributed by atoms with Crippen molar-refractivity contribution in [2.45, 2.75) is 25.3 Å². The molecule has 2 unspecified atom stereocenters. The highest BCUT2D eigenvalue weighted by molar-refractivity contribution is 5.99. The van der Waals surface area contributed by atoms with Gasteiger partial charge in [-0.2, -0.15) is 0 Å². The third-order valence-corrected chi connectivity index (χ3v) is 3.79. The van der Waals surface area contributed by atoms with Gasteiger partial charge in [0.05, 0.1) is 14.2 Å².